The molecule has 2 N–H and O–H groups in total. The van der Waals surface area contributed by atoms with Crippen molar-refractivity contribution in [1.29, 1.82) is 0 Å². The molecule has 0 saturated carbocycles. The van der Waals surface area contributed by atoms with Crippen molar-refractivity contribution in [3.05, 3.63) is 95.3 Å². The molecule has 156 valence electrons. The number of hydrogen-bond donors (Lipinski definition) is 2. The van der Waals surface area contributed by atoms with Crippen LogP contribution in [0.4, 0.5) is 10.1 Å². The van der Waals surface area contributed by atoms with Crippen LogP contribution in [0, 0.1) is 12.7 Å². The highest BCUT2D eigenvalue weighted by Crippen LogP contribution is 2.22. The maximum absolute atomic E-state index is 13.0. The first-order chi connectivity index (χ1) is 14.3. The van der Waals surface area contributed by atoms with E-state index in [1.165, 1.54) is 30.3 Å². The van der Waals surface area contributed by atoms with E-state index in [0.717, 1.165) is 23.3 Å². The molecular formula is C23H23FN2O3S. The molecule has 30 heavy (non-hydrogen) atoms. The third kappa shape index (κ3) is 5.04. The van der Waals surface area contributed by atoms with Crippen molar-refractivity contribution in [2.75, 3.05) is 4.72 Å². The van der Waals surface area contributed by atoms with Crippen molar-refractivity contribution in [2.45, 2.75) is 31.2 Å². The van der Waals surface area contributed by atoms with E-state index in [0.29, 0.717) is 6.42 Å². The van der Waals surface area contributed by atoms with Gasteiger partial charge in [0.15, 0.2) is 0 Å². The molecule has 0 spiro atoms. The highest BCUT2D eigenvalue weighted by molar-refractivity contribution is 7.92. The molecule has 0 unspecified atom stereocenters. The second-order valence-electron chi connectivity index (χ2n) is 6.93. The minimum Gasteiger partial charge on any atom is -0.345 e. The van der Waals surface area contributed by atoms with Crippen LogP contribution >= 0.6 is 0 Å². The predicted molar refractivity (Wildman–Crippen MR) is 115 cm³/mol. The Bertz CT molecular complexity index is 1150. The minimum atomic E-state index is -3.93. The van der Waals surface area contributed by atoms with Gasteiger partial charge in [0, 0.05) is 11.3 Å². The zero-order chi connectivity index (χ0) is 21.7. The lowest BCUT2D eigenvalue weighted by Gasteiger charge is -2.19. The lowest BCUT2D eigenvalue weighted by molar-refractivity contribution is 0.0935. The molecule has 5 nitrogen and oxygen atoms in total. The lowest BCUT2D eigenvalue weighted by atomic mass is 9.99. The number of sulfonamides is 1. The van der Waals surface area contributed by atoms with Crippen LogP contribution in [0.3, 0.4) is 0 Å². The second-order valence-corrected chi connectivity index (χ2v) is 8.61. The number of benzene rings is 3. The Morgan fingerprint density at radius 1 is 1.00 bits per heavy atom. The summed E-state index contributed by atoms with van der Waals surface area (Å²) in [5.74, 6) is -0.820. The van der Waals surface area contributed by atoms with Crippen molar-refractivity contribution in [3.63, 3.8) is 0 Å². The summed E-state index contributed by atoms with van der Waals surface area (Å²) in [7, 11) is -3.93. The Labute approximate surface area is 176 Å². The van der Waals surface area contributed by atoms with Crippen LogP contribution in [-0.4, -0.2) is 14.3 Å². The molecule has 0 aliphatic rings. The van der Waals surface area contributed by atoms with Gasteiger partial charge in [0.1, 0.15) is 5.82 Å². The fraction of sp³-hybridized carbons (Fsp3) is 0.174. The van der Waals surface area contributed by atoms with Gasteiger partial charge in [0.2, 0.25) is 0 Å². The number of anilines is 1. The topological polar surface area (TPSA) is 75.3 Å². The van der Waals surface area contributed by atoms with Gasteiger partial charge in [-0.15, -0.1) is 0 Å². The van der Waals surface area contributed by atoms with Gasteiger partial charge >= 0.3 is 0 Å². The number of aryl methyl sites for hydroxylation is 1. The van der Waals surface area contributed by atoms with E-state index >= 15 is 0 Å². The quantitative estimate of drug-likeness (QED) is 0.569. The smallest absolute Gasteiger partial charge is 0.261 e. The van der Waals surface area contributed by atoms with E-state index < -0.39 is 15.8 Å². The monoisotopic (exact) mass is 426 g/mol. The van der Waals surface area contributed by atoms with Crippen LogP contribution in [0.2, 0.25) is 0 Å². The number of amides is 1. The van der Waals surface area contributed by atoms with E-state index in [1.54, 1.807) is 6.07 Å². The van der Waals surface area contributed by atoms with Gasteiger partial charge in [-0.2, -0.15) is 0 Å². The first-order valence-corrected chi connectivity index (χ1v) is 11.0. The predicted octanol–water partition coefficient (Wildman–Crippen LogP) is 4.82. The Morgan fingerprint density at radius 3 is 2.37 bits per heavy atom. The number of nitrogens with one attached hydrogen (secondary N) is 2. The molecule has 1 amide bonds. The molecule has 0 bridgehead atoms. The maximum atomic E-state index is 13.0. The SMILES string of the molecule is CC[C@H](NC(=O)c1cccc(S(=O)(=O)Nc2ccc(F)cc2)c1)c1ccccc1C. The Morgan fingerprint density at radius 2 is 1.70 bits per heavy atom. The minimum absolute atomic E-state index is 0.0524. The Hall–Kier alpha value is -3.19. The summed E-state index contributed by atoms with van der Waals surface area (Å²) in [6.07, 6.45) is 0.695. The average molecular weight is 427 g/mol. The first kappa shape index (κ1) is 21.5. The molecule has 0 aliphatic heterocycles. The number of carbonyl (C=O) groups is 1. The summed E-state index contributed by atoms with van der Waals surface area (Å²) >= 11 is 0. The highest BCUT2D eigenvalue weighted by atomic mass is 32.2. The summed E-state index contributed by atoms with van der Waals surface area (Å²) in [6, 6.07) is 18.4. The lowest BCUT2D eigenvalue weighted by Crippen LogP contribution is -2.28. The number of carbonyl (C=O) groups excluding carboxylic acids is 1. The normalized spacial score (nSPS) is 12.2. The Kier molecular flexibility index (Phi) is 6.52. The first-order valence-electron chi connectivity index (χ1n) is 9.55. The summed E-state index contributed by atoms with van der Waals surface area (Å²) in [5, 5.41) is 2.98. The molecule has 0 aromatic heterocycles. The number of hydrogen-bond acceptors (Lipinski definition) is 3. The van der Waals surface area contributed by atoms with E-state index in [4.69, 9.17) is 0 Å². The molecule has 0 aliphatic carbocycles. The number of rotatable bonds is 7. The summed E-state index contributed by atoms with van der Waals surface area (Å²) in [5.41, 5.74) is 2.57. The van der Waals surface area contributed by atoms with Crippen molar-refractivity contribution in [3.8, 4) is 0 Å². The van der Waals surface area contributed by atoms with Gasteiger partial charge in [-0.3, -0.25) is 9.52 Å². The van der Waals surface area contributed by atoms with Gasteiger partial charge in [-0.05, 0) is 66.9 Å². The molecule has 0 saturated heterocycles. The fourth-order valence-corrected chi connectivity index (χ4v) is 4.26. The van der Waals surface area contributed by atoms with E-state index in [9.17, 15) is 17.6 Å². The summed E-state index contributed by atoms with van der Waals surface area (Å²) in [4.78, 5) is 12.8. The van der Waals surface area contributed by atoms with Gasteiger partial charge in [-0.1, -0.05) is 37.3 Å². The van der Waals surface area contributed by atoms with Gasteiger partial charge in [0.25, 0.3) is 15.9 Å². The van der Waals surface area contributed by atoms with Crippen molar-refractivity contribution >= 4 is 21.6 Å². The molecule has 0 radical (unpaired) electrons. The second kappa shape index (κ2) is 9.09. The van der Waals surface area contributed by atoms with Gasteiger partial charge in [-0.25, -0.2) is 12.8 Å². The van der Waals surface area contributed by atoms with Gasteiger partial charge < -0.3 is 5.32 Å². The molecule has 0 fully saturated rings. The molecule has 0 heterocycles. The highest BCUT2D eigenvalue weighted by Gasteiger charge is 2.19. The van der Waals surface area contributed by atoms with Crippen molar-refractivity contribution in [1.82, 2.24) is 5.32 Å². The van der Waals surface area contributed by atoms with Crippen LogP contribution in [0.5, 0.6) is 0 Å². The van der Waals surface area contributed by atoms with E-state index in [1.807, 2.05) is 38.1 Å². The molecule has 7 heteroatoms. The van der Waals surface area contributed by atoms with Crippen LogP contribution in [-0.2, 0) is 10.0 Å². The fourth-order valence-electron chi connectivity index (χ4n) is 3.16. The Balaban J connectivity index is 1.81. The zero-order valence-corrected chi connectivity index (χ0v) is 17.5. The largest absolute Gasteiger partial charge is 0.345 e. The average Bonchev–Trinajstić information content (AvgIpc) is 2.74. The third-order valence-corrected chi connectivity index (χ3v) is 6.16. The summed E-state index contributed by atoms with van der Waals surface area (Å²) in [6.45, 7) is 3.96. The molecule has 3 rings (SSSR count). The van der Waals surface area contributed by atoms with Crippen molar-refractivity contribution in [2.24, 2.45) is 0 Å². The third-order valence-electron chi connectivity index (χ3n) is 4.78. The van der Waals surface area contributed by atoms with Gasteiger partial charge in [0.05, 0.1) is 10.9 Å². The molecular weight excluding hydrogens is 403 g/mol. The van der Waals surface area contributed by atoms with E-state index in [-0.39, 0.29) is 28.1 Å². The van der Waals surface area contributed by atoms with Crippen LogP contribution in [0.1, 0.15) is 40.9 Å². The summed E-state index contributed by atoms with van der Waals surface area (Å²) < 4.78 is 40.8. The molecule has 3 aromatic carbocycles. The standard InChI is InChI=1S/C23H23FN2O3S/c1-3-22(21-10-5-4-7-16(21)2)25-23(27)17-8-6-9-20(15-17)30(28,29)26-19-13-11-18(24)12-14-19/h4-15,22,26H,3H2,1-2H3,(H,25,27)/t22-/m0/s1. The maximum Gasteiger partial charge on any atom is 0.261 e. The zero-order valence-electron chi connectivity index (χ0n) is 16.7. The van der Waals surface area contributed by atoms with Crippen LogP contribution in [0.15, 0.2) is 77.7 Å². The molecule has 1 atom stereocenters. The number of halogens is 1. The van der Waals surface area contributed by atoms with E-state index in [2.05, 4.69) is 10.0 Å². The van der Waals surface area contributed by atoms with Crippen molar-refractivity contribution < 1.29 is 17.6 Å². The van der Waals surface area contributed by atoms with Crippen LogP contribution < -0.4 is 10.0 Å². The molecule has 3 aromatic rings. The van der Waals surface area contributed by atoms with Crippen LogP contribution in [0.25, 0.3) is 0 Å².